The molecule has 0 N–H and O–H groups in total. The first-order valence-corrected chi connectivity index (χ1v) is 7.49. The number of rotatable bonds is 6. The smallest absolute Gasteiger partial charge is 0.314 e. The molecular weight excluding hydrogens is 350 g/mol. The van der Waals surface area contributed by atoms with Crippen LogP contribution < -0.4 is 9.47 Å². The number of nitro benzene ring substituents is 1. The number of ether oxygens (including phenoxy) is 2. The molecule has 0 aliphatic heterocycles. The second-order valence-corrected chi connectivity index (χ2v) is 5.27. The normalized spacial score (nSPS) is 10.5. The molecule has 3 aromatic rings. The van der Waals surface area contributed by atoms with Crippen LogP contribution in [0.15, 0.2) is 46.9 Å². The monoisotopic (exact) mass is 361 g/mol. The Labute approximate surface area is 147 Å². The lowest BCUT2D eigenvalue weighted by Crippen LogP contribution is -2.00. The van der Waals surface area contributed by atoms with E-state index in [1.54, 1.807) is 30.3 Å². The molecule has 0 atom stereocenters. The van der Waals surface area contributed by atoms with Gasteiger partial charge in [-0.1, -0.05) is 23.7 Å². The van der Waals surface area contributed by atoms with E-state index in [0.717, 1.165) is 0 Å². The Morgan fingerprint density at radius 3 is 2.76 bits per heavy atom. The highest BCUT2D eigenvalue weighted by Gasteiger charge is 2.18. The minimum Gasteiger partial charge on any atom is -0.496 e. The Morgan fingerprint density at radius 1 is 1.24 bits per heavy atom. The third-order valence-corrected chi connectivity index (χ3v) is 3.61. The van der Waals surface area contributed by atoms with Crippen LogP contribution in [0.5, 0.6) is 11.5 Å². The molecule has 0 unspecified atom stereocenters. The zero-order valence-corrected chi connectivity index (χ0v) is 13.8. The zero-order chi connectivity index (χ0) is 17.8. The summed E-state index contributed by atoms with van der Waals surface area (Å²) in [6.07, 6.45) is 0. The summed E-state index contributed by atoms with van der Waals surface area (Å²) in [5.41, 5.74) is 0.378. The molecule has 128 valence electrons. The molecule has 25 heavy (non-hydrogen) atoms. The van der Waals surface area contributed by atoms with E-state index < -0.39 is 4.92 Å². The Balaban J connectivity index is 1.77. The predicted octanol–water partition coefficient (Wildman–Crippen LogP) is 3.89. The van der Waals surface area contributed by atoms with Gasteiger partial charge in [-0.3, -0.25) is 10.1 Å². The van der Waals surface area contributed by atoms with Crippen molar-refractivity contribution in [3.05, 3.63) is 63.5 Å². The molecule has 9 heteroatoms. The number of methoxy groups -OCH3 is 1. The van der Waals surface area contributed by atoms with Crippen molar-refractivity contribution in [3.63, 3.8) is 0 Å². The largest absolute Gasteiger partial charge is 0.496 e. The first kappa shape index (κ1) is 16.7. The molecule has 0 saturated heterocycles. The Bertz CT molecular complexity index is 912. The van der Waals surface area contributed by atoms with Crippen LogP contribution in [-0.4, -0.2) is 22.2 Å². The first-order valence-electron chi connectivity index (χ1n) is 7.11. The van der Waals surface area contributed by atoms with E-state index in [9.17, 15) is 10.1 Å². The number of nitro groups is 1. The molecule has 0 saturated carbocycles. The minimum atomic E-state index is -0.555. The van der Waals surface area contributed by atoms with Crippen LogP contribution in [0.1, 0.15) is 5.89 Å². The molecule has 2 aromatic carbocycles. The van der Waals surface area contributed by atoms with Crippen molar-refractivity contribution in [3.8, 4) is 23.0 Å². The van der Waals surface area contributed by atoms with Crippen molar-refractivity contribution in [2.24, 2.45) is 0 Å². The van der Waals surface area contributed by atoms with Crippen molar-refractivity contribution >= 4 is 17.3 Å². The second-order valence-electron chi connectivity index (χ2n) is 4.86. The van der Waals surface area contributed by atoms with Gasteiger partial charge in [0, 0.05) is 0 Å². The van der Waals surface area contributed by atoms with E-state index >= 15 is 0 Å². The Morgan fingerprint density at radius 2 is 2.04 bits per heavy atom. The van der Waals surface area contributed by atoms with Crippen LogP contribution in [0.3, 0.4) is 0 Å². The molecule has 0 radical (unpaired) electrons. The average Bonchev–Trinajstić information content (AvgIpc) is 3.09. The maximum absolute atomic E-state index is 11.1. The fraction of sp³-hybridized carbons (Fsp3) is 0.125. The van der Waals surface area contributed by atoms with Crippen LogP contribution in [0.4, 0.5) is 5.69 Å². The fourth-order valence-corrected chi connectivity index (χ4v) is 2.30. The third kappa shape index (κ3) is 3.69. The van der Waals surface area contributed by atoms with Gasteiger partial charge >= 0.3 is 5.69 Å². The summed E-state index contributed by atoms with van der Waals surface area (Å²) in [7, 11) is 1.42. The van der Waals surface area contributed by atoms with Gasteiger partial charge in [0.15, 0.2) is 12.4 Å². The number of nitrogens with zero attached hydrogens (tertiary/aromatic N) is 3. The van der Waals surface area contributed by atoms with Gasteiger partial charge in [-0.05, 0) is 24.3 Å². The lowest BCUT2D eigenvalue weighted by atomic mass is 10.2. The summed E-state index contributed by atoms with van der Waals surface area (Å²) < 4.78 is 15.9. The Kier molecular flexibility index (Phi) is 4.80. The molecule has 1 heterocycles. The first-order chi connectivity index (χ1) is 12.1. The van der Waals surface area contributed by atoms with Crippen molar-refractivity contribution < 1.29 is 18.8 Å². The van der Waals surface area contributed by atoms with E-state index in [0.29, 0.717) is 16.3 Å². The highest BCUT2D eigenvalue weighted by molar-refractivity contribution is 6.33. The van der Waals surface area contributed by atoms with Crippen LogP contribution in [0.25, 0.3) is 11.5 Å². The topological polar surface area (TPSA) is 101 Å². The maximum Gasteiger partial charge on any atom is 0.314 e. The van der Waals surface area contributed by atoms with Crippen molar-refractivity contribution in [2.45, 2.75) is 6.61 Å². The molecule has 0 bridgehead atoms. The van der Waals surface area contributed by atoms with Crippen LogP contribution in [0, 0.1) is 10.1 Å². The van der Waals surface area contributed by atoms with Crippen molar-refractivity contribution in [2.75, 3.05) is 7.11 Å². The van der Waals surface area contributed by atoms with Crippen LogP contribution in [0.2, 0.25) is 5.02 Å². The number of halogens is 1. The van der Waals surface area contributed by atoms with Gasteiger partial charge in [0.1, 0.15) is 5.75 Å². The molecule has 1 aromatic heterocycles. The van der Waals surface area contributed by atoms with E-state index in [1.807, 2.05) is 0 Å². The van der Waals surface area contributed by atoms with Gasteiger partial charge in [0.25, 0.3) is 5.89 Å². The van der Waals surface area contributed by atoms with Crippen molar-refractivity contribution in [1.29, 1.82) is 0 Å². The Hall–Kier alpha value is -3.13. The molecule has 0 fully saturated rings. The standard InChI is InChI=1S/C16H12ClN3O5/c1-23-10-6-7-14(13(8-10)20(21)22)24-9-15-18-19-16(25-15)11-4-2-3-5-12(11)17/h2-8H,9H2,1H3. The van der Waals surface area contributed by atoms with E-state index in [1.165, 1.54) is 19.2 Å². The summed E-state index contributed by atoms with van der Waals surface area (Å²) in [5.74, 6) is 0.842. The molecule has 0 amide bonds. The summed E-state index contributed by atoms with van der Waals surface area (Å²) in [6, 6.07) is 11.3. The van der Waals surface area contributed by atoms with E-state index in [4.69, 9.17) is 25.5 Å². The fourth-order valence-electron chi connectivity index (χ4n) is 2.08. The number of benzene rings is 2. The highest BCUT2D eigenvalue weighted by atomic mass is 35.5. The lowest BCUT2D eigenvalue weighted by molar-refractivity contribution is -0.386. The summed E-state index contributed by atoms with van der Waals surface area (Å²) in [5, 5.41) is 19.4. The molecular formula is C16H12ClN3O5. The average molecular weight is 362 g/mol. The lowest BCUT2D eigenvalue weighted by Gasteiger charge is -2.06. The summed E-state index contributed by atoms with van der Waals surface area (Å²) in [6.45, 7) is -0.120. The molecule has 0 spiro atoms. The number of hydrogen-bond donors (Lipinski definition) is 0. The number of aromatic nitrogens is 2. The van der Waals surface area contributed by atoms with E-state index in [-0.39, 0.29) is 29.8 Å². The molecule has 8 nitrogen and oxygen atoms in total. The maximum atomic E-state index is 11.1. The van der Waals surface area contributed by atoms with Crippen LogP contribution in [-0.2, 0) is 6.61 Å². The zero-order valence-electron chi connectivity index (χ0n) is 13.0. The van der Waals surface area contributed by atoms with Gasteiger partial charge in [-0.15, -0.1) is 10.2 Å². The SMILES string of the molecule is COc1ccc(OCc2nnc(-c3ccccc3Cl)o2)c([N+](=O)[O-])c1. The molecule has 0 aliphatic rings. The second kappa shape index (κ2) is 7.18. The van der Waals surface area contributed by atoms with Gasteiger partial charge in [0.05, 0.1) is 28.7 Å². The van der Waals surface area contributed by atoms with Gasteiger partial charge in [-0.25, -0.2) is 0 Å². The van der Waals surface area contributed by atoms with Gasteiger partial charge < -0.3 is 13.9 Å². The number of hydrogen-bond acceptors (Lipinski definition) is 7. The van der Waals surface area contributed by atoms with Gasteiger partial charge in [-0.2, -0.15) is 0 Å². The third-order valence-electron chi connectivity index (χ3n) is 3.29. The summed E-state index contributed by atoms with van der Waals surface area (Å²) >= 11 is 6.08. The predicted molar refractivity (Wildman–Crippen MR) is 88.7 cm³/mol. The highest BCUT2D eigenvalue weighted by Crippen LogP contribution is 2.32. The quantitative estimate of drug-likeness (QED) is 0.485. The van der Waals surface area contributed by atoms with E-state index in [2.05, 4.69) is 10.2 Å². The minimum absolute atomic E-state index is 0.0725. The molecule has 0 aliphatic carbocycles. The summed E-state index contributed by atoms with van der Waals surface area (Å²) in [4.78, 5) is 10.6. The molecule has 3 rings (SSSR count). The van der Waals surface area contributed by atoms with Crippen LogP contribution >= 0.6 is 11.6 Å². The van der Waals surface area contributed by atoms with Gasteiger partial charge in [0.2, 0.25) is 5.89 Å². The van der Waals surface area contributed by atoms with Crippen molar-refractivity contribution in [1.82, 2.24) is 10.2 Å².